The van der Waals surface area contributed by atoms with E-state index in [-0.39, 0.29) is 22.8 Å². The first-order chi connectivity index (χ1) is 10.1. The Balaban J connectivity index is 4.09. The van der Waals surface area contributed by atoms with E-state index in [2.05, 4.69) is 46.9 Å². The maximum Gasteiger partial charge on any atom is 0.220 e. The lowest BCUT2D eigenvalue weighted by Gasteiger charge is -2.28. The minimum atomic E-state index is -0.155. The van der Waals surface area contributed by atoms with Crippen LogP contribution in [0, 0.1) is 10.8 Å². The van der Waals surface area contributed by atoms with Gasteiger partial charge < -0.3 is 14.8 Å². The summed E-state index contributed by atoms with van der Waals surface area (Å²) in [5, 5.41) is 3.08. The molecule has 4 nitrogen and oxygen atoms in total. The van der Waals surface area contributed by atoms with Gasteiger partial charge in [-0.3, -0.25) is 4.79 Å². The molecule has 0 heterocycles. The van der Waals surface area contributed by atoms with Crippen molar-refractivity contribution in [2.45, 2.75) is 73.3 Å². The van der Waals surface area contributed by atoms with Crippen LogP contribution in [0.25, 0.3) is 0 Å². The number of nitrogens with one attached hydrogen (secondary N) is 1. The van der Waals surface area contributed by atoms with E-state index < -0.39 is 0 Å². The van der Waals surface area contributed by atoms with Crippen molar-refractivity contribution in [3.05, 3.63) is 0 Å². The van der Waals surface area contributed by atoms with Crippen LogP contribution < -0.4 is 5.32 Å². The molecule has 0 radical (unpaired) electrons. The number of hydrogen-bond acceptors (Lipinski definition) is 3. The van der Waals surface area contributed by atoms with Crippen LogP contribution in [0.5, 0.6) is 0 Å². The van der Waals surface area contributed by atoms with Crippen molar-refractivity contribution in [1.82, 2.24) is 5.32 Å². The predicted octanol–water partition coefficient (Wildman–Crippen LogP) is 3.79. The summed E-state index contributed by atoms with van der Waals surface area (Å²) in [5.74, 6) is 0.119. The molecule has 132 valence electrons. The summed E-state index contributed by atoms with van der Waals surface area (Å²) >= 11 is 0. The van der Waals surface area contributed by atoms with Gasteiger partial charge in [-0.05, 0) is 18.8 Å². The highest BCUT2D eigenvalue weighted by Crippen LogP contribution is 2.23. The fraction of sp³-hybridized carbons (Fsp3) is 0.944. The molecule has 0 bridgehead atoms. The van der Waals surface area contributed by atoms with Gasteiger partial charge in [0.1, 0.15) is 0 Å². The van der Waals surface area contributed by atoms with E-state index in [1.54, 1.807) is 7.11 Å². The van der Waals surface area contributed by atoms with Crippen LogP contribution in [0.4, 0.5) is 0 Å². The molecule has 0 unspecified atom stereocenters. The quantitative estimate of drug-likeness (QED) is 0.596. The summed E-state index contributed by atoms with van der Waals surface area (Å²) in [7, 11) is 1.70. The highest BCUT2D eigenvalue weighted by atomic mass is 16.5. The SMILES string of the molecule is CCCC[C@@H](C)NC(=O)CC(C)(C)COCC(C)(C)COC. The number of methoxy groups -OCH3 is 1. The van der Waals surface area contributed by atoms with Gasteiger partial charge in [0, 0.05) is 25.0 Å². The molecule has 0 saturated heterocycles. The molecule has 0 saturated carbocycles. The molecule has 0 fully saturated rings. The Kier molecular flexibility index (Phi) is 9.94. The first-order valence-corrected chi connectivity index (χ1v) is 8.48. The van der Waals surface area contributed by atoms with Gasteiger partial charge in [-0.1, -0.05) is 47.5 Å². The Hall–Kier alpha value is -0.610. The zero-order valence-corrected chi connectivity index (χ0v) is 15.8. The second-order valence-corrected chi connectivity index (χ2v) is 8.04. The van der Waals surface area contributed by atoms with Crippen LogP contribution in [-0.4, -0.2) is 38.9 Å². The smallest absolute Gasteiger partial charge is 0.220 e. The minimum absolute atomic E-state index is 0.00174. The monoisotopic (exact) mass is 315 g/mol. The third kappa shape index (κ3) is 11.0. The van der Waals surface area contributed by atoms with Crippen molar-refractivity contribution in [3.8, 4) is 0 Å². The van der Waals surface area contributed by atoms with Gasteiger partial charge >= 0.3 is 0 Å². The summed E-state index contributed by atoms with van der Waals surface area (Å²) in [6, 6.07) is 0.254. The molecule has 0 spiro atoms. The molecule has 1 N–H and O–H groups in total. The Labute approximate surface area is 137 Å². The Morgan fingerprint density at radius 3 is 2.23 bits per heavy atom. The minimum Gasteiger partial charge on any atom is -0.384 e. The predicted molar refractivity (Wildman–Crippen MR) is 92.0 cm³/mol. The molecular formula is C18H37NO3. The summed E-state index contributed by atoms with van der Waals surface area (Å²) in [6.07, 6.45) is 3.86. The van der Waals surface area contributed by atoms with Crippen LogP contribution in [0.15, 0.2) is 0 Å². The van der Waals surface area contributed by atoms with Crippen molar-refractivity contribution in [2.24, 2.45) is 10.8 Å². The number of unbranched alkanes of at least 4 members (excludes halogenated alkanes) is 1. The summed E-state index contributed by atoms with van der Waals surface area (Å²) in [4.78, 5) is 12.1. The molecule has 1 atom stereocenters. The van der Waals surface area contributed by atoms with Crippen molar-refractivity contribution in [2.75, 3.05) is 26.9 Å². The highest BCUT2D eigenvalue weighted by Gasteiger charge is 2.25. The molecule has 1 amide bonds. The second-order valence-electron chi connectivity index (χ2n) is 8.04. The number of carbonyl (C=O) groups is 1. The van der Waals surface area contributed by atoms with Crippen LogP contribution in [-0.2, 0) is 14.3 Å². The first-order valence-electron chi connectivity index (χ1n) is 8.48. The summed E-state index contributed by atoms with van der Waals surface area (Å²) < 4.78 is 11.0. The third-order valence-corrected chi connectivity index (χ3v) is 3.56. The Bertz CT molecular complexity index is 313. The number of ether oxygens (including phenoxy) is 2. The van der Waals surface area contributed by atoms with Crippen molar-refractivity contribution in [1.29, 1.82) is 0 Å². The molecule has 0 aromatic heterocycles. The average molecular weight is 315 g/mol. The molecule has 0 aromatic rings. The zero-order valence-electron chi connectivity index (χ0n) is 15.8. The van der Waals surface area contributed by atoms with Crippen molar-refractivity contribution in [3.63, 3.8) is 0 Å². The third-order valence-electron chi connectivity index (χ3n) is 3.56. The van der Waals surface area contributed by atoms with Crippen molar-refractivity contribution >= 4 is 5.91 Å². The highest BCUT2D eigenvalue weighted by molar-refractivity contribution is 5.76. The molecule has 0 aliphatic rings. The second kappa shape index (κ2) is 10.2. The van der Waals surface area contributed by atoms with Gasteiger partial charge in [-0.25, -0.2) is 0 Å². The number of amides is 1. The topological polar surface area (TPSA) is 47.6 Å². The lowest BCUT2D eigenvalue weighted by Crippen LogP contribution is -2.37. The molecule has 22 heavy (non-hydrogen) atoms. The molecule has 0 aromatic carbocycles. The lowest BCUT2D eigenvalue weighted by molar-refractivity contribution is -0.125. The van der Waals surface area contributed by atoms with Crippen molar-refractivity contribution < 1.29 is 14.3 Å². The molecule has 0 aliphatic carbocycles. The number of hydrogen-bond donors (Lipinski definition) is 1. The molecule has 0 rings (SSSR count). The van der Waals surface area contributed by atoms with Gasteiger partial charge in [-0.15, -0.1) is 0 Å². The summed E-state index contributed by atoms with van der Waals surface area (Å²) in [5.41, 5.74) is -0.153. The normalized spacial score (nSPS) is 14.0. The van der Waals surface area contributed by atoms with Gasteiger partial charge in [0.15, 0.2) is 0 Å². The number of carbonyl (C=O) groups excluding carboxylic acids is 1. The van der Waals surface area contributed by atoms with E-state index in [4.69, 9.17) is 9.47 Å². The fourth-order valence-electron chi connectivity index (χ4n) is 2.43. The maximum atomic E-state index is 12.1. The van der Waals surface area contributed by atoms with E-state index in [1.165, 1.54) is 0 Å². The lowest BCUT2D eigenvalue weighted by atomic mass is 9.89. The first kappa shape index (κ1) is 21.4. The Morgan fingerprint density at radius 2 is 1.68 bits per heavy atom. The van der Waals surface area contributed by atoms with Gasteiger partial charge in [0.2, 0.25) is 5.91 Å². The average Bonchev–Trinajstić information content (AvgIpc) is 2.34. The standard InChI is InChI=1S/C18H37NO3/c1-8-9-10-15(2)19-16(20)11-17(3,4)13-22-14-18(5,6)12-21-7/h15H,8-14H2,1-7H3,(H,19,20)/t15-/m1/s1. The van der Waals surface area contributed by atoms with Crippen LogP contribution in [0.1, 0.15) is 67.2 Å². The van der Waals surface area contributed by atoms with Crippen LogP contribution in [0.3, 0.4) is 0 Å². The van der Waals surface area contributed by atoms with Gasteiger partial charge in [-0.2, -0.15) is 0 Å². The fourth-order valence-corrected chi connectivity index (χ4v) is 2.43. The van der Waals surface area contributed by atoms with Crippen LogP contribution >= 0.6 is 0 Å². The number of rotatable bonds is 12. The van der Waals surface area contributed by atoms with E-state index in [1.807, 2.05) is 0 Å². The molecule has 4 heteroatoms. The Morgan fingerprint density at radius 1 is 1.09 bits per heavy atom. The maximum absolute atomic E-state index is 12.1. The molecule has 0 aliphatic heterocycles. The van der Waals surface area contributed by atoms with E-state index in [0.717, 1.165) is 19.3 Å². The van der Waals surface area contributed by atoms with Gasteiger partial charge in [0.05, 0.1) is 19.8 Å². The van der Waals surface area contributed by atoms with E-state index in [9.17, 15) is 4.79 Å². The van der Waals surface area contributed by atoms with E-state index in [0.29, 0.717) is 26.2 Å². The van der Waals surface area contributed by atoms with Crippen LogP contribution in [0.2, 0.25) is 0 Å². The molecular weight excluding hydrogens is 278 g/mol. The zero-order chi connectivity index (χ0) is 17.2. The summed E-state index contributed by atoms with van der Waals surface area (Å²) in [6.45, 7) is 14.5. The largest absolute Gasteiger partial charge is 0.384 e. The van der Waals surface area contributed by atoms with E-state index >= 15 is 0 Å². The van der Waals surface area contributed by atoms with Gasteiger partial charge in [0.25, 0.3) is 0 Å².